The lowest BCUT2D eigenvalue weighted by atomic mass is 10.2. The van der Waals surface area contributed by atoms with Crippen LogP contribution in [0.1, 0.15) is 16.1 Å². The SMILES string of the molecule is CN1Cc2nnccc2C1=O. The molecule has 56 valence electrons. The molecule has 0 saturated carbocycles. The van der Waals surface area contributed by atoms with Crippen LogP contribution < -0.4 is 0 Å². The number of nitrogens with zero attached hydrogens (tertiary/aromatic N) is 3. The smallest absolute Gasteiger partial charge is 0.256 e. The third kappa shape index (κ3) is 0.790. The standard InChI is InChI=1S/C7H7N3O/c1-10-4-6-5(7(10)11)2-3-8-9-6/h2-3H,4H2,1H3. The molecule has 1 aromatic rings. The minimum Gasteiger partial charge on any atom is -0.336 e. The van der Waals surface area contributed by atoms with Crippen LogP contribution in [0.4, 0.5) is 0 Å². The molecule has 2 rings (SSSR count). The average Bonchev–Trinajstić information content (AvgIpc) is 2.30. The topological polar surface area (TPSA) is 46.1 Å². The van der Waals surface area contributed by atoms with Gasteiger partial charge in [-0.1, -0.05) is 0 Å². The summed E-state index contributed by atoms with van der Waals surface area (Å²) in [5.41, 5.74) is 1.46. The van der Waals surface area contributed by atoms with Crippen LogP contribution >= 0.6 is 0 Å². The van der Waals surface area contributed by atoms with Crippen molar-refractivity contribution in [3.05, 3.63) is 23.5 Å². The molecule has 0 radical (unpaired) electrons. The van der Waals surface area contributed by atoms with Crippen LogP contribution in [0.3, 0.4) is 0 Å². The van der Waals surface area contributed by atoms with Gasteiger partial charge >= 0.3 is 0 Å². The molecule has 1 aromatic heterocycles. The molecule has 2 heterocycles. The Morgan fingerprint density at radius 1 is 1.64 bits per heavy atom. The lowest BCUT2D eigenvalue weighted by molar-refractivity contribution is 0.0816. The van der Waals surface area contributed by atoms with Crippen molar-refractivity contribution in [3.8, 4) is 0 Å². The van der Waals surface area contributed by atoms with Gasteiger partial charge in [-0.2, -0.15) is 10.2 Å². The highest BCUT2D eigenvalue weighted by atomic mass is 16.2. The number of hydrogen-bond donors (Lipinski definition) is 0. The molecule has 0 aromatic carbocycles. The summed E-state index contributed by atoms with van der Waals surface area (Å²) in [5, 5.41) is 7.54. The monoisotopic (exact) mass is 149 g/mol. The van der Waals surface area contributed by atoms with Crippen molar-refractivity contribution >= 4 is 5.91 Å². The van der Waals surface area contributed by atoms with E-state index in [9.17, 15) is 4.79 Å². The number of aromatic nitrogens is 2. The lowest BCUT2D eigenvalue weighted by Crippen LogP contribution is -2.17. The minimum absolute atomic E-state index is 0.0369. The van der Waals surface area contributed by atoms with Crippen molar-refractivity contribution in [3.63, 3.8) is 0 Å². The van der Waals surface area contributed by atoms with E-state index < -0.39 is 0 Å². The number of amides is 1. The lowest BCUT2D eigenvalue weighted by Gasteiger charge is -2.03. The first-order valence-corrected chi connectivity index (χ1v) is 3.35. The van der Waals surface area contributed by atoms with Crippen molar-refractivity contribution in [2.75, 3.05) is 7.05 Å². The maximum Gasteiger partial charge on any atom is 0.256 e. The maximum absolute atomic E-state index is 11.3. The zero-order valence-corrected chi connectivity index (χ0v) is 6.11. The molecule has 0 aliphatic carbocycles. The van der Waals surface area contributed by atoms with E-state index in [1.54, 1.807) is 18.0 Å². The summed E-state index contributed by atoms with van der Waals surface area (Å²) in [6, 6.07) is 1.70. The van der Waals surface area contributed by atoms with Crippen molar-refractivity contribution in [1.82, 2.24) is 15.1 Å². The summed E-state index contributed by atoms with van der Waals surface area (Å²) in [7, 11) is 1.75. The summed E-state index contributed by atoms with van der Waals surface area (Å²) in [4.78, 5) is 12.9. The number of rotatable bonds is 0. The van der Waals surface area contributed by atoms with Crippen LogP contribution in [-0.2, 0) is 6.54 Å². The van der Waals surface area contributed by atoms with E-state index in [-0.39, 0.29) is 5.91 Å². The third-order valence-electron chi connectivity index (χ3n) is 1.76. The maximum atomic E-state index is 11.3. The van der Waals surface area contributed by atoms with Crippen LogP contribution in [0.5, 0.6) is 0 Å². The summed E-state index contributed by atoms with van der Waals surface area (Å²) < 4.78 is 0. The molecule has 0 bridgehead atoms. The Labute approximate surface area is 63.8 Å². The molecular weight excluding hydrogens is 142 g/mol. The fourth-order valence-corrected chi connectivity index (χ4v) is 1.17. The van der Waals surface area contributed by atoms with Crippen LogP contribution in [-0.4, -0.2) is 28.1 Å². The van der Waals surface area contributed by atoms with Gasteiger partial charge < -0.3 is 4.90 Å². The van der Waals surface area contributed by atoms with Gasteiger partial charge in [-0.3, -0.25) is 4.79 Å². The first-order chi connectivity index (χ1) is 5.29. The Bertz CT molecular complexity index is 310. The molecule has 0 N–H and O–H groups in total. The Hall–Kier alpha value is -1.45. The molecule has 4 heteroatoms. The van der Waals surface area contributed by atoms with Gasteiger partial charge in [0.15, 0.2) is 0 Å². The molecule has 0 spiro atoms. The van der Waals surface area contributed by atoms with Gasteiger partial charge in [0.25, 0.3) is 5.91 Å². The predicted octanol–water partition coefficient (Wildman–Crippen LogP) is 0.0622. The van der Waals surface area contributed by atoms with Crippen molar-refractivity contribution in [2.45, 2.75) is 6.54 Å². The first-order valence-electron chi connectivity index (χ1n) is 3.35. The summed E-state index contributed by atoms with van der Waals surface area (Å²) in [6.07, 6.45) is 1.54. The molecule has 0 saturated heterocycles. The summed E-state index contributed by atoms with van der Waals surface area (Å²) >= 11 is 0. The van der Waals surface area contributed by atoms with Crippen LogP contribution in [0, 0.1) is 0 Å². The van der Waals surface area contributed by atoms with Crippen LogP contribution in [0.2, 0.25) is 0 Å². The van der Waals surface area contributed by atoms with Crippen molar-refractivity contribution < 1.29 is 4.79 Å². The van der Waals surface area contributed by atoms with E-state index in [4.69, 9.17) is 0 Å². The highest BCUT2D eigenvalue weighted by Crippen LogP contribution is 2.16. The average molecular weight is 149 g/mol. The van der Waals surface area contributed by atoms with Crippen molar-refractivity contribution in [2.24, 2.45) is 0 Å². The van der Waals surface area contributed by atoms with Gasteiger partial charge in [-0.15, -0.1) is 0 Å². The normalized spacial score (nSPS) is 15.4. The molecule has 1 aliphatic rings. The Balaban J connectivity index is 2.55. The van der Waals surface area contributed by atoms with Crippen molar-refractivity contribution in [1.29, 1.82) is 0 Å². The molecule has 11 heavy (non-hydrogen) atoms. The number of hydrogen-bond acceptors (Lipinski definition) is 3. The van der Waals surface area contributed by atoms with Gasteiger partial charge in [0.05, 0.1) is 24.0 Å². The minimum atomic E-state index is 0.0369. The molecule has 0 unspecified atom stereocenters. The third-order valence-corrected chi connectivity index (χ3v) is 1.76. The van der Waals surface area contributed by atoms with E-state index >= 15 is 0 Å². The fourth-order valence-electron chi connectivity index (χ4n) is 1.17. The summed E-state index contributed by atoms with van der Waals surface area (Å²) in [5.74, 6) is 0.0369. The second-order valence-electron chi connectivity index (χ2n) is 2.55. The zero-order valence-electron chi connectivity index (χ0n) is 6.11. The number of carbonyl (C=O) groups excluding carboxylic acids is 1. The van der Waals surface area contributed by atoms with E-state index in [0.717, 1.165) is 5.69 Å². The van der Waals surface area contributed by atoms with Gasteiger partial charge in [0.2, 0.25) is 0 Å². The second kappa shape index (κ2) is 2.02. The Kier molecular flexibility index (Phi) is 1.15. The molecule has 4 nitrogen and oxygen atoms in total. The quantitative estimate of drug-likeness (QED) is 0.524. The van der Waals surface area contributed by atoms with E-state index in [0.29, 0.717) is 12.1 Å². The largest absolute Gasteiger partial charge is 0.336 e. The van der Waals surface area contributed by atoms with Crippen LogP contribution in [0.15, 0.2) is 12.3 Å². The fraction of sp³-hybridized carbons (Fsp3) is 0.286. The Morgan fingerprint density at radius 3 is 3.18 bits per heavy atom. The second-order valence-corrected chi connectivity index (χ2v) is 2.55. The van der Waals surface area contributed by atoms with E-state index in [1.807, 2.05) is 0 Å². The van der Waals surface area contributed by atoms with Gasteiger partial charge in [-0.05, 0) is 6.07 Å². The first kappa shape index (κ1) is 6.27. The van der Waals surface area contributed by atoms with E-state index in [2.05, 4.69) is 10.2 Å². The number of carbonyl (C=O) groups is 1. The molecule has 1 aliphatic heterocycles. The highest BCUT2D eigenvalue weighted by Gasteiger charge is 2.24. The highest BCUT2D eigenvalue weighted by molar-refractivity contribution is 5.97. The molecular formula is C7H7N3O. The predicted molar refractivity (Wildman–Crippen MR) is 37.8 cm³/mol. The van der Waals surface area contributed by atoms with E-state index in [1.165, 1.54) is 6.20 Å². The van der Waals surface area contributed by atoms with Gasteiger partial charge in [0.1, 0.15) is 0 Å². The van der Waals surface area contributed by atoms with Gasteiger partial charge in [-0.25, -0.2) is 0 Å². The van der Waals surface area contributed by atoms with Crippen LogP contribution in [0.25, 0.3) is 0 Å². The molecule has 1 amide bonds. The van der Waals surface area contributed by atoms with Gasteiger partial charge in [0, 0.05) is 7.05 Å². The zero-order chi connectivity index (χ0) is 7.84. The summed E-state index contributed by atoms with van der Waals surface area (Å²) in [6.45, 7) is 0.585. The number of fused-ring (bicyclic) bond motifs is 1. The molecule has 0 atom stereocenters. The Morgan fingerprint density at radius 2 is 2.45 bits per heavy atom. The molecule has 0 fully saturated rings.